The molecule has 0 amide bonds. The van der Waals surface area contributed by atoms with Crippen molar-refractivity contribution < 1.29 is 4.39 Å². The molecule has 9 nitrogen and oxygen atoms in total. The van der Waals surface area contributed by atoms with Crippen molar-refractivity contribution in [3.8, 4) is 22.6 Å². The highest BCUT2D eigenvalue weighted by Crippen LogP contribution is 2.36. The Morgan fingerprint density at radius 3 is 2.88 bits per heavy atom. The summed E-state index contributed by atoms with van der Waals surface area (Å²) in [5.74, 6) is 0.376. The second-order valence-corrected chi connectivity index (χ2v) is 10.4. The number of hydrogen-bond donors (Lipinski definition) is 4. The average molecular weight is 538 g/mol. The van der Waals surface area contributed by atoms with E-state index in [0.29, 0.717) is 30.5 Å². The van der Waals surface area contributed by atoms with E-state index in [1.807, 2.05) is 37.6 Å². The molecule has 0 saturated heterocycles. The number of H-pyrrole nitrogens is 2. The van der Waals surface area contributed by atoms with Gasteiger partial charge in [0, 0.05) is 60.4 Å². The van der Waals surface area contributed by atoms with Crippen LogP contribution < -0.4 is 10.6 Å². The van der Waals surface area contributed by atoms with Crippen molar-refractivity contribution >= 4 is 33.5 Å². The first kappa shape index (κ1) is 25.8. The second-order valence-electron chi connectivity index (χ2n) is 10.4. The molecule has 40 heavy (non-hydrogen) atoms. The molecule has 1 aromatic carbocycles. The fourth-order valence-electron chi connectivity index (χ4n) is 5.22. The van der Waals surface area contributed by atoms with Gasteiger partial charge in [0.05, 0.1) is 28.7 Å². The van der Waals surface area contributed by atoms with E-state index < -0.39 is 0 Å². The van der Waals surface area contributed by atoms with Crippen molar-refractivity contribution in [1.82, 2.24) is 35.5 Å². The van der Waals surface area contributed by atoms with Gasteiger partial charge in [0.1, 0.15) is 11.5 Å². The van der Waals surface area contributed by atoms with Crippen LogP contribution >= 0.6 is 0 Å². The number of fused-ring (bicyclic) bond motifs is 2. The summed E-state index contributed by atoms with van der Waals surface area (Å²) in [5.41, 5.74) is 7.73. The number of hydrogen-bond acceptors (Lipinski definition) is 7. The van der Waals surface area contributed by atoms with Crippen LogP contribution in [0.4, 0.5) is 10.1 Å². The van der Waals surface area contributed by atoms with Crippen LogP contribution in [-0.4, -0.2) is 62.0 Å². The maximum Gasteiger partial charge on any atom is 0.181 e. The van der Waals surface area contributed by atoms with Crippen LogP contribution in [0.25, 0.3) is 44.7 Å². The quantitative estimate of drug-likeness (QED) is 0.187. The molecule has 1 aliphatic rings. The van der Waals surface area contributed by atoms with Crippen LogP contribution in [0.3, 0.4) is 0 Å². The molecule has 1 aliphatic carbocycles. The largest absolute Gasteiger partial charge is 0.382 e. The molecular formula is C30H32FN9. The number of allylic oxidation sites excluding steroid dienone is 2. The van der Waals surface area contributed by atoms with Gasteiger partial charge in [0.25, 0.3) is 0 Å². The van der Waals surface area contributed by atoms with Gasteiger partial charge in [-0.05, 0) is 57.2 Å². The monoisotopic (exact) mass is 537 g/mol. The number of aromatic amines is 2. The van der Waals surface area contributed by atoms with Gasteiger partial charge >= 0.3 is 0 Å². The van der Waals surface area contributed by atoms with Crippen molar-refractivity contribution in [3.63, 3.8) is 0 Å². The molecule has 5 aromatic rings. The number of imidazole rings is 1. The summed E-state index contributed by atoms with van der Waals surface area (Å²) in [7, 11) is 1.89. The van der Waals surface area contributed by atoms with E-state index in [2.05, 4.69) is 66.8 Å². The zero-order chi connectivity index (χ0) is 27.6. The van der Waals surface area contributed by atoms with Gasteiger partial charge in [-0.3, -0.25) is 15.1 Å². The second kappa shape index (κ2) is 11.0. The minimum Gasteiger partial charge on any atom is -0.382 e. The molecule has 0 fully saturated rings. The van der Waals surface area contributed by atoms with E-state index in [4.69, 9.17) is 4.98 Å². The molecule has 0 saturated carbocycles. The highest BCUT2D eigenvalue weighted by molar-refractivity contribution is 5.95. The average Bonchev–Trinajstić information content (AvgIpc) is 3.56. The molecule has 0 spiro atoms. The number of nitrogens with zero attached hydrogens (tertiary/aromatic N) is 5. The number of para-hydroxylation sites is 1. The molecule has 6 rings (SSSR count). The van der Waals surface area contributed by atoms with Crippen molar-refractivity contribution in [3.05, 3.63) is 66.4 Å². The zero-order valence-electron chi connectivity index (χ0n) is 22.8. The molecule has 10 heteroatoms. The molecule has 204 valence electrons. The third-order valence-electron chi connectivity index (χ3n) is 7.02. The first-order valence-corrected chi connectivity index (χ1v) is 13.6. The topological polar surface area (TPSA) is 120 Å². The number of anilines is 1. The lowest BCUT2D eigenvalue weighted by Gasteiger charge is -2.20. The minimum absolute atomic E-state index is 0.132. The lowest BCUT2D eigenvalue weighted by molar-refractivity contribution is 0.595. The Kier molecular flexibility index (Phi) is 7.08. The number of nitrogens with one attached hydrogen (secondary N) is 4. The Labute approximate surface area is 231 Å². The standard InChI is InChI=1S/C30H32FN9/c1-17(2)36-23-11-19(14-33-16-23)20-12-25-28(39-40-29(25)35-15-20)30-37-26-6-4-5-24(27(26)38-30)18-9-21(31)13-22(10-18)34-8-7-32-3/h4-6,9,11-12,14-18,32,36H,7-8,10,13H2,1-3H3,(H,37,38)(H,35,39,40). The molecule has 0 aliphatic heterocycles. The lowest BCUT2D eigenvalue weighted by atomic mass is 9.87. The molecular weight excluding hydrogens is 505 g/mol. The van der Waals surface area contributed by atoms with Crippen LogP contribution in [0.1, 0.15) is 38.2 Å². The van der Waals surface area contributed by atoms with Crippen LogP contribution in [0, 0.1) is 0 Å². The van der Waals surface area contributed by atoms with E-state index in [1.54, 1.807) is 12.3 Å². The summed E-state index contributed by atoms with van der Waals surface area (Å²) in [6, 6.07) is 10.4. The van der Waals surface area contributed by atoms with E-state index >= 15 is 0 Å². The fourth-order valence-corrected chi connectivity index (χ4v) is 5.22. The minimum atomic E-state index is -0.146. The number of benzene rings is 1. The first-order chi connectivity index (χ1) is 19.5. The number of rotatable bonds is 8. The smallest absolute Gasteiger partial charge is 0.181 e. The van der Waals surface area contributed by atoms with Crippen molar-refractivity contribution in [2.45, 2.75) is 38.6 Å². The van der Waals surface area contributed by atoms with Crippen LogP contribution in [0.5, 0.6) is 0 Å². The maximum absolute atomic E-state index is 14.7. The summed E-state index contributed by atoms with van der Waals surface area (Å²) >= 11 is 0. The van der Waals surface area contributed by atoms with E-state index in [9.17, 15) is 4.39 Å². The normalized spacial score (nSPS) is 16.8. The van der Waals surface area contributed by atoms with E-state index in [1.165, 1.54) is 0 Å². The zero-order valence-corrected chi connectivity index (χ0v) is 22.8. The molecule has 4 heterocycles. The Balaban J connectivity index is 1.36. The third-order valence-corrected chi connectivity index (χ3v) is 7.02. The molecule has 0 bridgehead atoms. The molecule has 4 N–H and O–H groups in total. The molecule has 1 atom stereocenters. The molecule has 4 aromatic heterocycles. The molecule has 0 radical (unpaired) electrons. The summed E-state index contributed by atoms with van der Waals surface area (Å²) in [4.78, 5) is 22.0. The maximum atomic E-state index is 14.7. The number of halogens is 1. The summed E-state index contributed by atoms with van der Waals surface area (Å²) < 4.78 is 14.7. The van der Waals surface area contributed by atoms with Gasteiger partial charge in [-0.25, -0.2) is 14.4 Å². The highest BCUT2D eigenvalue weighted by atomic mass is 19.1. The molecule has 1 unspecified atom stereocenters. The number of aliphatic imine (C=N–C) groups is 1. The number of pyridine rings is 2. The Hall–Kier alpha value is -4.44. The van der Waals surface area contributed by atoms with Crippen LogP contribution in [0.2, 0.25) is 0 Å². The Morgan fingerprint density at radius 1 is 1.15 bits per heavy atom. The van der Waals surface area contributed by atoms with Gasteiger partial charge < -0.3 is 15.6 Å². The Morgan fingerprint density at radius 2 is 2.02 bits per heavy atom. The van der Waals surface area contributed by atoms with Gasteiger partial charge in [-0.2, -0.15) is 5.10 Å². The predicted octanol–water partition coefficient (Wildman–Crippen LogP) is 5.77. The van der Waals surface area contributed by atoms with Crippen molar-refractivity contribution in [2.24, 2.45) is 4.99 Å². The lowest BCUT2D eigenvalue weighted by Crippen LogP contribution is -2.16. The van der Waals surface area contributed by atoms with E-state index in [0.717, 1.165) is 56.7 Å². The summed E-state index contributed by atoms with van der Waals surface area (Å²) in [6.45, 7) is 5.59. The van der Waals surface area contributed by atoms with Gasteiger partial charge in [0.15, 0.2) is 11.5 Å². The first-order valence-electron chi connectivity index (χ1n) is 13.6. The SMILES string of the molecule is CNCCN=C1CC(F)=CC(c2cccc3[nH]c(-c4[nH]nc5ncc(-c6cncc(NC(C)C)c6)cc45)nc23)C1. The summed E-state index contributed by atoms with van der Waals surface area (Å²) in [6.07, 6.45) is 8.11. The number of likely N-dealkylation sites (N-methyl/N-ethyl adjacent to an activating group) is 1. The van der Waals surface area contributed by atoms with Gasteiger partial charge in [-0.1, -0.05) is 12.1 Å². The fraction of sp³-hybridized carbons (Fsp3) is 0.300. The van der Waals surface area contributed by atoms with Crippen LogP contribution in [0.15, 0.2) is 65.8 Å². The Bertz CT molecular complexity index is 1730. The van der Waals surface area contributed by atoms with E-state index in [-0.39, 0.29) is 18.2 Å². The van der Waals surface area contributed by atoms with Crippen molar-refractivity contribution in [2.75, 3.05) is 25.5 Å². The van der Waals surface area contributed by atoms with Crippen LogP contribution in [-0.2, 0) is 0 Å². The highest BCUT2D eigenvalue weighted by Gasteiger charge is 2.24. The predicted molar refractivity (Wildman–Crippen MR) is 158 cm³/mol. The third kappa shape index (κ3) is 5.22. The van der Waals surface area contributed by atoms with Gasteiger partial charge in [-0.15, -0.1) is 0 Å². The summed E-state index contributed by atoms with van der Waals surface area (Å²) in [5, 5.41) is 14.9. The van der Waals surface area contributed by atoms with Gasteiger partial charge in [0.2, 0.25) is 0 Å². The van der Waals surface area contributed by atoms with Crippen molar-refractivity contribution in [1.29, 1.82) is 0 Å². The number of aromatic nitrogens is 6.